The monoisotopic (exact) mass is 209 g/mol. The summed E-state index contributed by atoms with van der Waals surface area (Å²) in [7, 11) is 0. The van der Waals surface area contributed by atoms with Gasteiger partial charge in [-0.3, -0.25) is 10.1 Å². The minimum absolute atomic E-state index is 0.105. The predicted molar refractivity (Wildman–Crippen MR) is 53.2 cm³/mol. The molecule has 0 aromatic carbocycles. The fourth-order valence-electron chi connectivity index (χ4n) is 2.71. The third-order valence-electron chi connectivity index (χ3n) is 3.60. The highest BCUT2D eigenvalue weighted by Crippen LogP contribution is 2.38. The lowest BCUT2D eigenvalue weighted by Crippen LogP contribution is -2.59. The maximum absolute atomic E-state index is 11.9. The molecule has 3 rings (SSSR count). The third kappa shape index (κ3) is 1.19. The van der Waals surface area contributed by atoms with Crippen LogP contribution >= 0.6 is 0 Å². The molecule has 0 aromatic heterocycles. The Kier molecular flexibility index (Phi) is 1.80. The van der Waals surface area contributed by atoms with Crippen LogP contribution in [0.25, 0.3) is 0 Å². The summed E-state index contributed by atoms with van der Waals surface area (Å²) >= 11 is 0. The van der Waals surface area contributed by atoms with E-state index in [9.17, 15) is 9.59 Å². The van der Waals surface area contributed by atoms with Gasteiger partial charge in [-0.25, -0.2) is 4.79 Å². The summed E-state index contributed by atoms with van der Waals surface area (Å²) in [6, 6.07) is 0.113. The van der Waals surface area contributed by atoms with Crippen molar-refractivity contribution >= 4 is 11.9 Å². The predicted octanol–water partition coefficient (Wildman–Crippen LogP) is -0.177. The zero-order valence-corrected chi connectivity index (χ0v) is 8.58. The van der Waals surface area contributed by atoms with E-state index in [4.69, 9.17) is 0 Å². The summed E-state index contributed by atoms with van der Waals surface area (Å²) in [5, 5.41) is 5.68. The first-order valence-electron chi connectivity index (χ1n) is 5.59. The van der Waals surface area contributed by atoms with Crippen molar-refractivity contribution < 1.29 is 9.59 Å². The summed E-state index contributed by atoms with van der Waals surface area (Å²) in [6.45, 7) is 1.56. The molecule has 3 aliphatic rings. The quantitative estimate of drug-likeness (QED) is 0.589. The second-order valence-corrected chi connectivity index (χ2v) is 4.67. The van der Waals surface area contributed by atoms with Gasteiger partial charge in [0.05, 0.1) is 0 Å². The van der Waals surface area contributed by atoms with E-state index in [0.717, 1.165) is 32.2 Å². The van der Waals surface area contributed by atoms with Crippen LogP contribution in [0.4, 0.5) is 4.79 Å². The van der Waals surface area contributed by atoms with Gasteiger partial charge in [-0.15, -0.1) is 0 Å². The zero-order chi connectivity index (χ0) is 10.5. The molecule has 2 saturated heterocycles. The Morgan fingerprint density at radius 1 is 1.33 bits per heavy atom. The number of carbonyl (C=O) groups excluding carboxylic acids is 2. The number of rotatable bonds is 1. The lowest BCUT2D eigenvalue weighted by atomic mass is 9.88. The Morgan fingerprint density at radius 2 is 2.13 bits per heavy atom. The van der Waals surface area contributed by atoms with Crippen LogP contribution < -0.4 is 10.6 Å². The van der Waals surface area contributed by atoms with E-state index >= 15 is 0 Å². The number of nitrogens with zero attached hydrogens (tertiary/aromatic N) is 1. The molecule has 1 atom stereocenters. The summed E-state index contributed by atoms with van der Waals surface area (Å²) in [5.41, 5.74) is -0.573. The lowest BCUT2D eigenvalue weighted by molar-refractivity contribution is -0.127. The van der Waals surface area contributed by atoms with Crippen molar-refractivity contribution in [3.05, 3.63) is 0 Å². The molecular formula is C10H15N3O2. The van der Waals surface area contributed by atoms with Crippen molar-refractivity contribution in [2.24, 2.45) is 0 Å². The van der Waals surface area contributed by atoms with Gasteiger partial charge in [0.15, 0.2) is 0 Å². The van der Waals surface area contributed by atoms with Crippen molar-refractivity contribution in [2.75, 3.05) is 13.1 Å². The first kappa shape index (κ1) is 9.15. The SMILES string of the molecule is O=C1NC(=O)C2(CCCNC2)N1C1CC1. The Hall–Kier alpha value is -1.10. The highest BCUT2D eigenvalue weighted by atomic mass is 16.2. The van der Waals surface area contributed by atoms with Crippen LogP contribution in [0.2, 0.25) is 0 Å². The smallest absolute Gasteiger partial charge is 0.314 e. The van der Waals surface area contributed by atoms with Gasteiger partial charge in [0.1, 0.15) is 5.54 Å². The van der Waals surface area contributed by atoms with Crippen LogP contribution in [0.15, 0.2) is 0 Å². The lowest BCUT2D eigenvalue weighted by Gasteiger charge is -2.38. The van der Waals surface area contributed by atoms with Crippen LogP contribution in [0.5, 0.6) is 0 Å². The summed E-state index contributed by atoms with van der Waals surface area (Å²) in [6.07, 6.45) is 3.85. The van der Waals surface area contributed by atoms with Crippen LogP contribution in [0.1, 0.15) is 25.7 Å². The van der Waals surface area contributed by atoms with Crippen molar-refractivity contribution in [3.8, 4) is 0 Å². The topological polar surface area (TPSA) is 61.4 Å². The molecule has 1 spiro atoms. The van der Waals surface area contributed by atoms with Gasteiger partial charge in [0.25, 0.3) is 5.91 Å². The molecular weight excluding hydrogens is 194 g/mol. The minimum atomic E-state index is -0.573. The molecule has 3 amide bonds. The average molecular weight is 209 g/mol. The number of hydrogen-bond donors (Lipinski definition) is 2. The molecule has 2 heterocycles. The number of urea groups is 1. The Balaban J connectivity index is 1.94. The summed E-state index contributed by atoms with van der Waals surface area (Å²) in [4.78, 5) is 25.4. The van der Waals surface area contributed by atoms with Gasteiger partial charge in [0.2, 0.25) is 0 Å². The fraction of sp³-hybridized carbons (Fsp3) is 0.800. The molecule has 3 fully saturated rings. The van der Waals surface area contributed by atoms with Gasteiger partial charge in [-0.1, -0.05) is 0 Å². The number of carbonyl (C=O) groups is 2. The maximum atomic E-state index is 11.9. The number of amides is 3. The highest BCUT2D eigenvalue weighted by Gasteiger charge is 2.57. The molecule has 82 valence electrons. The standard InChI is InChI=1S/C10H15N3O2/c14-8-10(4-1-5-11-6-10)13(7-2-3-7)9(15)12-8/h7,11H,1-6H2,(H,12,14,15). The van der Waals surface area contributed by atoms with Crippen LogP contribution in [0, 0.1) is 0 Å². The fourth-order valence-corrected chi connectivity index (χ4v) is 2.71. The molecule has 0 bridgehead atoms. The molecule has 1 unspecified atom stereocenters. The number of nitrogens with one attached hydrogen (secondary N) is 2. The van der Waals surface area contributed by atoms with Gasteiger partial charge in [-0.05, 0) is 32.2 Å². The third-order valence-corrected chi connectivity index (χ3v) is 3.60. The van der Waals surface area contributed by atoms with Crippen LogP contribution in [-0.4, -0.2) is 41.5 Å². The van der Waals surface area contributed by atoms with Gasteiger partial charge in [0, 0.05) is 12.6 Å². The van der Waals surface area contributed by atoms with Crippen LogP contribution in [-0.2, 0) is 4.79 Å². The molecule has 1 saturated carbocycles. The molecule has 5 heteroatoms. The van der Waals surface area contributed by atoms with Gasteiger partial charge in [-0.2, -0.15) is 0 Å². The first-order valence-corrected chi connectivity index (χ1v) is 5.59. The first-order chi connectivity index (χ1) is 7.24. The molecule has 2 N–H and O–H groups in total. The zero-order valence-electron chi connectivity index (χ0n) is 8.58. The molecule has 0 aromatic rings. The second kappa shape index (κ2) is 2.95. The Labute approximate surface area is 88.2 Å². The van der Waals surface area contributed by atoms with Crippen LogP contribution in [0.3, 0.4) is 0 Å². The van der Waals surface area contributed by atoms with Crippen molar-refractivity contribution in [3.63, 3.8) is 0 Å². The number of hydrogen-bond acceptors (Lipinski definition) is 3. The van der Waals surface area contributed by atoms with E-state index in [1.807, 2.05) is 0 Å². The van der Waals surface area contributed by atoms with E-state index in [0.29, 0.717) is 12.6 Å². The van der Waals surface area contributed by atoms with Crippen molar-refractivity contribution in [1.29, 1.82) is 0 Å². The second-order valence-electron chi connectivity index (χ2n) is 4.67. The molecule has 15 heavy (non-hydrogen) atoms. The van der Waals surface area contributed by atoms with E-state index in [1.54, 1.807) is 4.90 Å². The van der Waals surface area contributed by atoms with Gasteiger partial charge >= 0.3 is 6.03 Å². The number of imide groups is 1. The normalized spacial score (nSPS) is 36.1. The highest BCUT2D eigenvalue weighted by molar-refractivity contribution is 6.07. The average Bonchev–Trinajstić information content (AvgIpc) is 3.00. The van der Waals surface area contributed by atoms with Gasteiger partial charge < -0.3 is 10.2 Å². The molecule has 0 radical (unpaired) electrons. The van der Waals surface area contributed by atoms with Crippen molar-refractivity contribution in [2.45, 2.75) is 37.3 Å². The largest absolute Gasteiger partial charge is 0.325 e. The maximum Gasteiger partial charge on any atom is 0.325 e. The number of piperidine rings is 1. The molecule has 5 nitrogen and oxygen atoms in total. The van der Waals surface area contributed by atoms with E-state index in [-0.39, 0.29) is 11.9 Å². The molecule has 1 aliphatic carbocycles. The molecule has 2 aliphatic heterocycles. The van der Waals surface area contributed by atoms with Crippen molar-refractivity contribution in [1.82, 2.24) is 15.5 Å². The summed E-state index contributed by atoms with van der Waals surface area (Å²) in [5.74, 6) is -0.105. The Morgan fingerprint density at radius 3 is 2.73 bits per heavy atom. The van der Waals surface area contributed by atoms with E-state index in [1.165, 1.54) is 0 Å². The van der Waals surface area contributed by atoms with E-state index in [2.05, 4.69) is 10.6 Å². The summed E-state index contributed by atoms with van der Waals surface area (Å²) < 4.78 is 0. The Bertz CT molecular complexity index is 319. The minimum Gasteiger partial charge on any atom is -0.314 e. The van der Waals surface area contributed by atoms with E-state index < -0.39 is 5.54 Å².